The molecule has 0 spiro atoms. The average molecular weight is 318 g/mol. The predicted octanol–water partition coefficient (Wildman–Crippen LogP) is 3.35. The van der Waals surface area contributed by atoms with Crippen molar-refractivity contribution in [2.45, 2.75) is 6.54 Å². The van der Waals surface area contributed by atoms with Crippen molar-refractivity contribution in [3.8, 4) is 11.6 Å². The molecule has 0 aliphatic heterocycles. The van der Waals surface area contributed by atoms with E-state index in [-0.39, 0.29) is 0 Å². The van der Waals surface area contributed by atoms with Gasteiger partial charge in [0.05, 0.1) is 0 Å². The third kappa shape index (κ3) is 2.34. The van der Waals surface area contributed by atoms with Gasteiger partial charge in [-0.2, -0.15) is 0 Å². The molecule has 96 valence electrons. The normalized spacial score (nSPS) is 10.8. The summed E-state index contributed by atoms with van der Waals surface area (Å²) in [5.74, 6) is 1.47. The second-order valence-electron chi connectivity index (χ2n) is 4.08. The van der Waals surface area contributed by atoms with E-state index in [9.17, 15) is 0 Å². The van der Waals surface area contributed by atoms with Crippen molar-refractivity contribution in [1.82, 2.24) is 9.38 Å². The second kappa shape index (κ2) is 5.03. The van der Waals surface area contributed by atoms with Crippen LogP contribution in [0.5, 0.6) is 11.6 Å². The number of hydrogen-bond donors (Lipinski definition) is 1. The Morgan fingerprint density at radius 1 is 1.26 bits per heavy atom. The fourth-order valence-corrected chi connectivity index (χ4v) is 2.33. The van der Waals surface area contributed by atoms with E-state index in [0.29, 0.717) is 12.4 Å². The summed E-state index contributed by atoms with van der Waals surface area (Å²) in [4.78, 5) is 4.23. The number of nitrogens with zero attached hydrogens (tertiary/aromatic N) is 2. The van der Waals surface area contributed by atoms with Gasteiger partial charge in [-0.1, -0.05) is 22.0 Å². The number of benzene rings is 1. The molecule has 0 saturated heterocycles. The largest absolute Gasteiger partial charge is 0.440 e. The van der Waals surface area contributed by atoms with Crippen molar-refractivity contribution in [2.75, 3.05) is 0 Å². The SMILES string of the molecule is NCc1cc(Br)ccc1Oc1cccc2nccn12. The van der Waals surface area contributed by atoms with Gasteiger partial charge in [0.1, 0.15) is 11.4 Å². The van der Waals surface area contributed by atoms with Gasteiger partial charge in [-0.3, -0.25) is 4.40 Å². The van der Waals surface area contributed by atoms with Crippen LogP contribution in [0.4, 0.5) is 0 Å². The minimum atomic E-state index is 0.425. The molecule has 0 saturated carbocycles. The number of imidazole rings is 1. The molecule has 0 fully saturated rings. The van der Waals surface area contributed by atoms with Crippen LogP contribution in [0.2, 0.25) is 0 Å². The zero-order valence-corrected chi connectivity index (χ0v) is 11.7. The minimum Gasteiger partial charge on any atom is -0.440 e. The molecule has 3 aromatic rings. The van der Waals surface area contributed by atoms with Crippen molar-refractivity contribution in [3.63, 3.8) is 0 Å². The van der Waals surface area contributed by atoms with Crippen molar-refractivity contribution in [3.05, 3.63) is 58.8 Å². The number of ether oxygens (including phenoxy) is 1. The fourth-order valence-electron chi connectivity index (χ4n) is 1.92. The van der Waals surface area contributed by atoms with Crippen molar-refractivity contribution >= 4 is 21.6 Å². The molecule has 4 nitrogen and oxygen atoms in total. The van der Waals surface area contributed by atoms with E-state index in [2.05, 4.69) is 20.9 Å². The van der Waals surface area contributed by atoms with Gasteiger partial charge in [-0.05, 0) is 30.3 Å². The van der Waals surface area contributed by atoms with E-state index in [0.717, 1.165) is 21.4 Å². The summed E-state index contributed by atoms with van der Waals surface area (Å²) in [7, 11) is 0. The van der Waals surface area contributed by atoms with E-state index in [4.69, 9.17) is 10.5 Å². The van der Waals surface area contributed by atoms with Gasteiger partial charge in [0, 0.05) is 29.0 Å². The summed E-state index contributed by atoms with van der Waals surface area (Å²) in [6.45, 7) is 0.425. The van der Waals surface area contributed by atoms with Crippen LogP contribution in [-0.2, 0) is 6.54 Å². The van der Waals surface area contributed by atoms with Gasteiger partial charge in [0.2, 0.25) is 5.88 Å². The quantitative estimate of drug-likeness (QED) is 0.806. The molecule has 0 amide bonds. The number of fused-ring (bicyclic) bond motifs is 1. The van der Waals surface area contributed by atoms with Crippen molar-refractivity contribution in [1.29, 1.82) is 0 Å². The lowest BCUT2D eigenvalue weighted by Gasteiger charge is -2.11. The second-order valence-corrected chi connectivity index (χ2v) is 4.99. The summed E-state index contributed by atoms with van der Waals surface area (Å²) >= 11 is 3.43. The molecule has 2 heterocycles. The number of aromatic nitrogens is 2. The third-order valence-corrected chi connectivity index (χ3v) is 3.34. The molecule has 5 heteroatoms. The number of halogens is 1. The minimum absolute atomic E-state index is 0.425. The highest BCUT2D eigenvalue weighted by Crippen LogP contribution is 2.28. The Bertz CT molecular complexity index is 724. The first-order valence-electron chi connectivity index (χ1n) is 5.86. The Morgan fingerprint density at radius 3 is 3.00 bits per heavy atom. The molecule has 3 rings (SSSR count). The predicted molar refractivity (Wildman–Crippen MR) is 77.3 cm³/mol. The van der Waals surface area contributed by atoms with Crippen LogP contribution in [0.25, 0.3) is 5.65 Å². The third-order valence-electron chi connectivity index (χ3n) is 2.85. The first-order chi connectivity index (χ1) is 9.28. The Labute approximate surface area is 119 Å². The lowest BCUT2D eigenvalue weighted by atomic mass is 10.2. The van der Waals surface area contributed by atoms with Crippen LogP contribution in [0.1, 0.15) is 5.56 Å². The van der Waals surface area contributed by atoms with E-state index < -0.39 is 0 Å². The molecular formula is C14H12BrN3O. The smallest absolute Gasteiger partial charge is 0.205 e. The molecule has 0 atom stereocenters. The Hall–Kier alpha value is -1.85. The topological polar surface area (TPSA) is 52.5 Å². The number of hydrogen-bond acceptors (Lipinski definition) is 3. The highest BCUT2D eigenvalue weighted by Gasteiger charge is 2.07. The van der Waals surface area contributed by atoms with E-state index in [1.165, 1.54) is 0 Å². The zero-order valence-electron chi connectivity index (χ0n) is 10.1. The number of pyridine rings is 1. The summed E-state index contributed by atoms with van der Waals surface area (Å²) in [6, 6.07) is 11.5. The van der Waals surface area contributed by atoms with Gasteiger partial charge < -0.3 is 10.5 Å². The summed E-state index contributed by atoms with van der Waals surface area (Å²) in [5, 5.41) is 0. The molecule has 2 N–H and O–H groups in total. The van der Waals surface area contributed by atoms with Crippen LogP contribution in [0.15, 0.2) is 53.3 Å². The standard InChI is InChI=1S/C14H12BrN3O/c15-11-4-5-12(10(8-11)9-16)19-14-3-1-2-13-17-6-7-18(13)14/h1-8H,9,16H2. The monoisotopic (exact) mass is 317 g/mol. The molecule has 0 aliphatic rings. The first-order valence-corrected chi connectivity index (χ1v) is 6.65. The highest BCUT2D eigenvalue weighted by atomic mass is 79.9. The molecule has 19 heavy (non-hydrogen) atoms. The maximum Gasteiger partial charge on any atom is 0.205 e. The van der Waals surface area contributed by atoms with E-state index >= 15 is 0 Å². The Morgan fingerprint density at radius 2 is 2.16 bits per heavy atom. The van der Waals surface area contributed by atoms with E-state index in [1.54, 1.807) is 6.20 Å². The lowest BCUT2D eigenvalue weighted by molar-refractivity contribution is 0.450. The number of nitrogens with two attached hydrogens (primary N) is 1. The molecule has 0 bridgehead atoms. The van der Waals surface area contributed by atoms with Gasteiger partial charge in [0.25, 0.3) is 0 Å². The van der Waals surface area contributed by atoms with E-state index in [1.807, 2.05) is 47.0 Å². The zero-order chi connectivity index (χ0) is 13.2. The summed E-state index contributed by atoms with van der Waals surface area (Å²) in [5.41, 5.74) is 7.55. The molecule has 1 aromatic carbocycles. The fraction of sp³-hybridized carbons (Fsp3) is 0.0714. The van der Waals surface area contributed by atoms with Gasteiger partial charge >= 0.3 is 0 Å². The number of rotatable bonds is 3. The van der Waals surface area contributed by atoms with Crippen LogP contribution in [0.3, 0.4) is 0 Å². The first kappa shape index (κ1) is 12.2. The van der Waals surface area contributed by atoms with Crippen LogP contribution in [0, 0.1) is 0 Å². The van der Waals surface area contributed by atoms with Gasteiger partial charge in [-0.25, -0.2) is 4.98 Å². The Balaban J connectivity index is 2.03. The molecule has 0 aliphatic carbocycles. The highest BCUT2D eigenvalue weighted by molar-refractivity contribution is 9.10. The van der Waals surface area contributed by atoms with Gasteiger partial charge in [-0.15, -0.1) is 0 Å². The lowest BCUT2D eigenvalue weighted by Crippen LogP contribution is -2.01. The van der Waals surface area contributed by atoms with Crippen LogP contribution >= 0.6 is 15.9 Å². The molecular weight excluding hydrogens is 306 g/mol. The maximum atomic E-state index is 5.95. The molecule has 0 unspecified atom stereocenters. The summed E-state index contributed by atoms with van der Waals surface area (Å²) in [6.07, 6.45) is 3.61. The summed E-state index contributed by atoms with van der Waals surface area (Å²) < 4.78 is 8.83. The Kier molecular flexibility index (Phi) is 3.23. The van der Waals surface area contributed by atoms with Crippen molar-refractivity contribution in [2.24, 2.45) is 5.73 Å². The average Bonchev–Trinajstić information content (AvgIpc) is 2.90. The van der Waals surface area contributed by atoms with Crippen LogP contribution in [-0.4, -0.2) is 9.38 Å². The van der Waals surface area contributed by atoms with Gasteiger partial charge in [0.15, 0.2) is 0 Å². The van der Waals surface area contributed by atoms with Crippen LogP contribution < -0.4 is 10.5 Å². The molecule has 0 radical (unpaired) electrons. The molecule has 2 aromatic heterocycles. The maximum absolute atomic E-state index is 5.95. The van der Waals surface area contributed by atoms with Crippen molar-refractivity contribution < 1.29 is 4.74 Å².